The molecule has 3 rings (SSSR count). The van der Waals surface area contributed by atoms with Crippen LogP contribution in [0.15, 0.2) is 52.4 Å². The molecule has 0 N–H and O–H groups in total. The molecule has 0 unspecified atom stereocenters. The lowest BCUT2D eigenvalue weighted by atomic mass is 10.1. The van der Waals surface area contributed by atoms with Crippen molar-refractivity contribution < 1.29 is 9.53 Å². The molecule has 1 saturated heterocycles. The fraction of sp³-hybridized carbons (Fsp3) is 0.273. The standard InChI is InChI=1S/C22H24N2O2S/c1-5-24-21(25)20(14-17-9-11-18(12-10-17)26-6-2)27-22(24)23-19-13-15(3)7-8-16(19)4/h7-14H,5-6H2,1-4H3/b20-14+,23-22?. The molecule has 0 saturated carbocycles. The van der Waals surface area contributed by atoms with E-state index in [1.165, 1.54) is 11.8 Å². The van der Waals surface area contributed by atoms with Gasteiger partial charge in [-0.25, -0.2) is 4.99 Å². The Morgan fingerprint density at radius 3 is 2.52 bits per heavy atom. The molecular formula is C22H24N2O2S. The van der Waals surface area contributed by atoms with Gasteiger partial charge in [0.25, 0.3) is 5.91 Å². The normalized spacial score (nSPS) is 17.2. The van der Waals surface area contributed by atoms with Crippen LogP contribution < -0.4 is 4.74 Å². The number of amides is 1. The minimum absolute atomic E-state index is 0.000408. The zero-order valence-corrected chi connectivity index (χ0v) is 17.0. The van der Waals surface area contributed by atoms with E-state index in [0.717, 1.165) is 33.3 Å². The maximum Gasteiger partial charge on any atom is 0.266 e. The van der Waals surface area contributed by atoms with Gasteiger partial charge in [0.05, 0.1) is 17.2 Å². The SMILES string of the molecule is CCOc1ccc(/C=C2/SC(=Nc3cc(C)ccc3C)N(CC)C2=O)cc1. The van der Waals surface area contributed by atoms with E-state index < -0.39 is 0 Å². The third kappa shape index (κ3) is 4.42. The van der Waals surface area contributed by atoms with Crippen molar-refractivity contribution in [2.75, 3.05) is 13.2 Å². The van der Waals surface area contributed by atoms with Crippen molar-refractivity contribution in [3.05, 3.63) is 64.1 Å². The van der Waals surface area contributed by atoms with Crippen LogP contribution in [0, 0.1) is 13.8 Å². The van der Waals surface area contributed by atoms with Crippen LogP contribution in [0.2, 0.25) is 0 Å². The largest absolute Gasteiger partial charge is 0.494 e. The average molecular weight is 381 g/mol. The van der Waals surface area contributed by atoms with Crippen LogP contribution in [-0.2, 0) is 4.79 Å². The summed E-state index contributed by atoms with van der Waals surface area (Å²) in [6, 6.07) is 13.9. The van der Waals surface area contributed by atoms with E-state index >= 15 is 0 Å². The number of benzene rings is 2. The number of rotatable bonds is 5. The number of likely N-dealkylation sites (N-methyl/N-ethyl adjacent to an activating group) is 1. The molecule has 0 radical (unpaired) electrons. The fourth-order valence-corrected chi connectivity index (χ4v) is 3.85. The Labute approximate surface area is 164 Å². The smallest absolute Gasteiger partial charge is 0.266 e. The Morgan fingerprint density at radius 2 is 1.85 bits per heavy atom. The first-order valence-corrected chi connectivity index (χ1v) is 9.93. The molecule has 1 aliphatic heterocycles. The van der Waals surface area contributed by atoms with Gasteiger partial charge in [-0.15, -0.1) is 0 Å². The summed E-state index contributed by atoms with van der Waals surface area (Å²) in [5.41, 5.74) is 4.13. The van der Waals surface area contributed by atoms with Gasteiger partial charge in [-0.1, -0.05) is 24.3 Å². The van der Waals surface area contributed by atoms with Crippen LogP contribution in [0.3, 0.4) is 0 Å². The quantitative estimate of drug-likeness (QED) is 0.659. The highest BCUT2D eigenvalue weighted by Gasteiger charge is 2.32. The summed E-state index contributed by atoms with van der Waals surface area (Å²) in [5, 5.41) is 0.730. The molecule has 1 aliphatic rings. The van der Waals surface area contributed by atoms with Crippen molar-refractivity contribution in [1.29, 1.82) is 0 Å². The topological polar surface area (TPSA) is 41.9 Å². The number of amidine groups is 1. The number of carbonyl (C=O) groups excluding carboxylic acids is 1. The van der Waals surface area contributed by atoms with E-state index in [9.17, 15) is 4.79 Å². The van der Waals surface area contributed by atoms with E-state index in [-0.39, 0.29) is 5.91 Å². The Hall–Kier alpha value is -2.53. The zero-order chi connectivity index (χ0) is 19.4. The van der Waals surface area contributed by atoms with Crippen LogP contribution in [0.1, 0.15) is 30.5 Å². The number of aryl methyl sites for hydroxylation is 2. The Morgan fingerprint density at radius 1 is 1.11 bits per heavy atom. The number of hydrogen-bond acceptors (Lipinski definition) is 4. The highest BCUT2D eigenvalue weighted by Crippen LogP contribution is 2.35. The van der Waals surface area contributed by atoms with Gasteiger partial charge in [-0.3, -0.25) is 9.69 Å². The summed E-state index contributed by atoms with van der Waals surface area (Å²) in [4.78, 5) is 20.0. The number of hydrogen-bond donors (Lipinski definition) is 0. The van der Waals surface area contributed by atoms with Gasteiger partial charge in [-0.2, -0.15) is 0 Å². The first-order chi connectivity index (χ1) is 13.0. The molecule has 0 atom stereocenters. The lowest BCUT2D eigenvalue weighted by Gasteiger charge is -2.12. The van der Waals surface area contributed by atoms with E-state index in [1.807, 2.05) is 58.0 Å². The first kappa shape index (κ1) is 19.2. The summed E-state index contributed by atoms with van der Waals surface area (Å²) in [7, 11) is 0. The predicted octanol–water partition coefficient (Wildman–Crippen LogP) is 5.33. The maximum atomic E-state index is 12.8. The summed E-state index contributed by atoms with van der Waals surface area (Å²) < 4.78 is 5.47. The second-order valence-corrected chi connectivity index (χ2v) is 7.36. The van der Waals surface area contributed by atoms with Crippen LogP contribution in [-0.4, -0.2) is 29.1 Å². The van der Waals surface area contributed by atoms with Crippen LogP contribution in [0.25, 0.3) is 6.08 Å². The fourth-order valence-electron chi connectivity index (χ4n) is 2.79. The summed E-state index contributed by atoms with van der Waals surface area (Å²) >= 11 is 1.43. The molecule has 1 amide bonds. The van der Waals surface area contributed by atoms with Crippen LogP contribution >= 0.6 is 11.8 Å². The van der Waals surface area contributed by atoms with Gasteiger partial charge in [0.15, 0.2) is 5.17 Å². The Balaban J connectivity index is 1.90. The summed E-state index contributed by atoms with van der Waals surface area (Å²) in [6.45, 7) is 9.24. The Kier molecular flexibility index (Phi) is 6.01. The number of thioether (sulfide) groups is 1. The van der Waals surface area contributed by atoms with E-state index in [1.54, 1.807) is 4.90 Å². The molecule has 0 bridgehead atoms. The first-order valence-electron chi connectivity index (χ1n) is 9.12. The van der Waals surface area contributed by atoms with E-state index in [4.69, 9.17) is 9.73 Å². The highest BCUT2D eigenvalue weighted by molar-refractivity contribution is 8.18. The Bertz CT molecular complexity index is 901. The van der Waals surface area contributed by atoms with Gasteiger partial charge in [-0.05, 0) is 80.4 Å². The van der Waals surface area contributed by atoms with Crippen molar-refractivity contribution in [2.24, 2.45) is 4.99 Å². The maximum absolute atomic E-state index is 12.8. The minimum Gasteiger partial charge on any atom is -0.494 e. The van der Waals surface area contributed by atoms with Crippen LogP contribution in [0.5, 0.6) is 5.75 Å². The molecule has 4 nitrogen and oxygen atoms in total. The van der Waals surface area contributed by atoms with Crippen molar-refractivity contribution in [2.45, 2.75) is 27.7 Å². The van der Waals surface area contributed by atoms with Crippen molar-refractivity contribution >= 4 is 34.6 Å². The molecule has 0 spiro atoms. The monoisotopic (exact) mass is 380 g/mol. The molecule has 0 aromatic heterocycles. The van der Waals surface area contributed by atoms with Gasteiger partial charge in [0.1, 0.15) is 5.75 Å². The number of ether oxygens (including phenoxy) is 1. The molecule has 2 aromatic rings. The highest BCUT2D eigenvalue weighted by atomic mass is 32.2. The lowest BCUT2D eigenvalue weighted by Crippen LogP contribution is -2.28. The molecule has 1 fully saturated rings. The molecule has 5 heteroatoms. The zero-order valence-electron chi connectivity index (χ0n) is 16.2. The third-order valence-corrected chi connectivity index (χ3v) is 5.28. The lowest BCUT2D eigenvalue weighted by molar-refractivity contribution is -0.122. The summed E-state index contributed by atoms with van der Waals surface area (Å²) in [5.74, 6) is 0.831. The van der Waals surface area contributed by atoms with Crippen molar-refractivity contribution in [3.63, 3.8) is 0 Å². The van der Waals surface area contributed by atoms with Crippen molar-refractivity contribution in [1.82, 2.24) is 4.90 Å². The average Bonchev–Trinajstić information content (AvgIpc) is 2.94. The van der Waals surface area contributed by atoms with Crippen LogP contribution in [0.4, 0.5) is 5.69 Å². The molecule has 2 aromatic carbocycles. The van der Waals surface area contributed by atoms with Gasteiger partial charge in [0, 0.05) is 6.54 Å². The number of aliphatic imine (C=N–C) groups is 1. The van der Waals surface area contributed by atoms with E-state index in [0.29, 0.717) is 18.1 Å². The number of carbonyl (C=O) groups is 1. The minimum atomic E-state index is 0.000408. The van der Waals surface area contributed by atoms with Gasteiger partial charge >= 0.3 is 0 Å². The van der Waals surface area contributed by atoms with Gasteiger partial charge in [0.2, 0.25) is 0 Å². The molecule has 0 aliphatic carbocycles. The predicted molar refractivity (Wildman–Crippen MR) is 114 cm³/mol. The second-order valence-electron chi connectivity index (χ2n) is 6.35. The second kappa shape index (κ2) is 8.44. The molecule has 27 heavy (non-hydrogen) atoms. The molecular weight excluding hydrogens is 356 g/mol. The molecule has 1 heterocycles. The van der Waals surface area contributed by atoms with Crippen molar-refractivity contribution in [3.8, 4) is 5.75 Å². The third-order valence-electron chi connectivity index (χ3n) is 4.27. The van der Waals surface area contributed by atoms with E-state index in [2.05, 4.69) is 18.2 Å². The van der Waals surface area contributed by atoms with Gasteiger partial charge < -0.3 is 4.74 Å². The number of nitrogens with zero attached hydrogens (tertiary/aromatic N) is 2. The summed E-state index contributed by atoms with van der Waals surface area (Å²) in [6.07, 6.45) is 1.91. The molecule has 140 valence electrons.